The van der Waals surface area contributed by atoms with E-state index in [1.54, 1.807) is 12.1 Å². The Labute approximate surface area is 119 Å². The average Bonchev–Trinajstić information content (AvgIpc) is 3.10. The molecule has 2 aromatic rings. The van der Waals surface area contributed by atoms with E-state index < -0.39 is 12.3 Å². The minimum absolute atomic E-state index is 0.0232. The molecule has 1 N–H and O–H groups in total. The predicted octanol–water partition coefficient (Wildman–Crippen LogP) is 3.89. The topological polar surface area (TPSA) is 51.0 Å². The first kappa shape index (κ1) is 13.9. The molecule has 3 rings (SSSR count). The molecule has 7 heteroatoms. The van der Waals surface area contributed by atoms with Crippen LogP contribution < -0.4 is 5.32 Å². The second-order valence-corrected chi connectivity index (χ2v) is 5.15. The molecule has 0 bridgehead atoms. The van der Waals surface area contributed by atoms with Gasteiger partial charge in [0.25, 0.3) is 5.89 Å². The van der Waals surface area contributed by atoms with Gasteiger partial charge >= 0.3 is 12.4 Å². The summed E-state index contributed by atoms with van der Waals surface area (Å²) in [5, 5.41) is 9.81. The Morgan fingerprint density at radius 2 is 1.90 bits per heavy atom. The second-order valence-electron chi connectivity index (χ2n) is 5.15. The standard InChI is InChI=1S/C14H14F3N3O/c15-10-4-1-8(2-5-10)9-3-6-11(7-9)18-14-20-19-13(21-14)12(16)17/h1-2,4-5,9,11-12H,3,6-7H2,(H,18,20)/t9-,11+/m0/s1. The number of aromatic nitrogens is 2. The van der Waals surface area contributed by atoms with Crippen LogP contribution in [-0.4, -0.2) is 16.2 Å². The van der Waals surface area contributed by atoms with Gasteiger partial charge in [0.2, 0.25) is 0 Å². The highest BCUT2D eigenvalue weighted by Crippen LogP contribution is 2.35. The van der Waals surface area contributed by atoms with Crippen molar-refractivity contribution < 1.29 is 17.6 Å². The number of nitrogens with one attached hydrogen (secondary N) is 1. The lowest BCUT2D eigenvalue weighted by Gasteiger charge is -2.12. The first-order valence-corrected chi connectivity index (χ1v) is 6.75. The van der Waals surface area contributed by atoms with Gasteiger partial charge in [0.15, 0.2) is 0 Å². The third-order valence-corrected chi connectivity index (χ3v) is 3.73. The van der Waals surface area contributed by atoms with E-state index in [-0.39, 0.29) is 17.9 Å². The Hall–Kier alpha value is -2.05. The van der Waals surface area contributed by atoms with Crippen LogP contribution in [0.4, 0.5) is 19.2 Å². The van der Waals surface area contributed by atoms with Gasteiger partial charge in [-0.3, -0.25) is 0 Å². The van der Waals surface area contributed by atoms with E-state index >= 15 is 0 Å². The van der Waals surface area contributed by atoms with Crippen molar-refractivity contribution in [3.05, 3.63) is 41.5 Å². The van der Waals surface area contributed by atoms with Crippen LogP contribution in [0.15, 0.2) is 28.7 Å². The van der Waals surface area contributed by atoms with Gasteiger partial charge in [-0.2, -0.15) is 8.78 Å². The van der Waals surface area contributed by atoms with E-state index in [2.05, 4.69) is 15.5 Å². The van der Waals surface area contributed by atoms with Crippen molar-refractivity contribution in [2.45, 2.75) is 37.6 Å². The van der Waals surface area contributed by atoms with Crippen molar-refractivity contribution in [2.75, 3.05) is 5.32 Å². The van der Waals surface area contributed by atoms with Gasteiger partial charge < -0.3 is 9.73 Å². The lowest BCUT2D eigenvalue weighted by Crippen LogP contribution is -2.15. The highest BCUT2D eigenvalue weighted by molar-refractivity contribution is 5.26. The predicted molar refractivity (Wildman–Crippen MR) is 69.7 cm³/mol. The summed E-state index contributed by atoms with van der Waals surface area (Å²) < 4.78 is 42.4. The van der Waals surface area contributed by atoms with Gasteiger partial charge in [0, 0.05) is 6.04 Å². The maximum atomic E-state index is 12.9. The normalized spacial score (nSPS) is 21.9. The Morgan fingerprint density at radius 1 is 1.14 bits per heavy atom. The van der Waals surface area contributed by atoms with E-state index in [4.69, 9.17) is 4.42 Å². The van der Waals surface area contributed by atoms with E-state index in [1.165, 1.54) is 12.1 Å². The summed E-state index contributed by atoms with van der Waals surface area (Å²) in [4.78, 5) is 0. The fraction of sp³-hybridized carbons (Fsp3) is 0.429. The molecule has 1 fully saturated rings. The number of hydrogen-bond donors (Lipinski definition) is 1. The van der Waals surface area contributed by atoms with Gasteiger partial charge in [-0.05, 0) is 42.9 Å². The third-order valence-electron chi connectivity index (χ3n) is 3.73. The quantitative estimate of drug-likeness (QED) is 0.930. The molecule has 21 heavy (non-hydrogen) atoms. The van der Waals surface area contributed by atoms with Gasteiger partial charge in [-0.1, -0.05) is 17.2 Å². The van der Waals surface area contributed by atoms with Gasteiger partial charge in [0.05, 0.1) is 0 Å². The molecular weight excluding hydrogens is 283 g/mol. The molecule has 0 saturated heterocycles. The fourth-order valence-electron chi connectivity index (χ4n) is 2.71. The molecule has 0 aliphatic heterocycles. The Balaban J connectivity index is 1.60. The first-order chi connectivity index (χ1) is 10.1. The van der Waals surface area contributed by atoms with E-state index in [0.29, 0.717) is 5.92 Å². The van der Waals surface area contributed by atoms with Crippen molar-refractivity contribution in [3.63, 3.8) is 0 Å². The Morgan fingerprint density at radius 3 is 2.57 bits per heavy atom. The third kappa shape index (κ3) is 3.17. The molecule has 1 aromatic heterocycles. The van der Waals surface area contributed by atoms with Crippen molar-refractivity contribution in [1.29, 1.82) is 0 Å². The zero-order valence-corrected chi connectivity index (χ0v) is 11.1. The summed E-state index contributed by atoms with van der Waals surface area (Å²) in [6.45, 7) is 0. The summed E-state index contributed by atoms with van der Waals surface area (Å²) >= 11 is 0. The van der Waals surface area contributed by atoms with Crippen LogP contribution in [-0.2, 0) is 0 Å². The van der Waals surface area contributed by atoms with E-state index in [1.807, 2.05) is 0 Å². The molecule has 2 atom stereocenters. The minimum atomic E-state index is -2.76. The molecule has 0 amide bonds. The SMILES string of the molecule is Fc1ccc([C@H]2CC[C@@H](Nc3nnc(C(F)F)o3)C2)cc1. The fourth-order valence-corrected chi connectivity index (χ4v) is 2.71. The summed E-state index contributed by atoms with van der Waals surface area (Å²) in [6, 6.07) is 6.57. The van der Waals surface area contributed by atoms with Gasteiger partial charge in [-0.15, -0.1) is 5.10 Å². The molecule has 0 radical (unpaired) electrons. The molecule has 1 aliphatic carbocycles. The molecule has 1 aromatic carbocycles. The molecule has 1 saturated carbocycles. The van der Waals surface area contributed by atoms with Crippen LogP contribution in [0.5, 0.6) is 0 Å². The van der Waals surface area contributed by atoms with E-state index in [9.17, 15) is 13.2 Å². The van der Waals surface area contributed by atoms with Crippen molar-refractivity contribution in [2.24, 2.45) is 0 Å². The summed E-state index contributed by atoms with van der Waals surface area (Å²) in [7, 11) is 0. The number of hydrogen-bond acceptors (Lipinski definition) is 4. The maximum Gasteiger partial charge on any atom is 0.315 e. The molecular formula is C14H14F3N3O. The number of benzene rings is 1. The lowest BCUT2D eigenvalue weighted by molar-refractivity contribution is 0.116. The molecule has 4 nitrogen and oxygen atoms in total. The summed E-state index contributed by atoms with van der Waals surface area (Å²) in [5.74, 6) is -0.608. The van der Waals surface area contributed by atoms with Crippen molar-refractivity contribution in [3.8, 4) is 0 Å². The molecule has 1 aliphatic rings. The lowest BCUT2D eigenvalue weighted by atomic mass is 9.97. The zero-order valence-electron chi connectivity index (χ0n) is 11.1. The highest BCUT2D eigenvalue weighted by atomic mass is 19.3. The largest absolute Gasteiger partial charge is 0.402 e. The van der Waals surface area contributed by atoms with Crippen LogP contribution in [0, 0.1) is 5.82 Å². The van der Waals surface area contributed by atoms with Crippen LogP contribution in [0.1, 0.15) is 43.1 Å². The van der Waals surface area contributed by atoms with Gasteiger partial charge in [0.1, 0.15) is 5.82 Å². The molecule has 112 valence electrons. The van der Waals surface area contributed by atoms with Crippen molar-refractivity contribution in [1.82, 2.24) is 10.2 Å². The number of halogens is 3. The Bertz CT molecular complexity index is 600. The van der Waals surface area contributed by atoms with Crippen LogP contribution >= 0.6 is 0 Å². The number of anilines is 1. The van der Waals surface area contributed by atoms with E-state index in [0.717, 1.165) is 24.8 Å². The van der Waals surface area contributed by atoms with Crippen LogP contribution in [0.2, 0.25) is 0 Å². The number of rotatable bonds is 4. The molecule has 0 spiro atoms. The minimum Gasteiger partial charge on any atom is -0.402 e. The average molecular weight is 297 g/mol. The van der Waals surface area contributed by atoms with Gasteiger partial charge in [-0.25, -0.2) is 4.39 Å². The Kier molecular flexibility index (Phi) is 3.81. The highest BCUT2D eigenvalue weighted by Gasteiger charge is 2.27. The summed E-state index contributed by atoms with van der Waals surface area (Å²) in [6.07, 6.45) is -0.130. The second kappa shape index (κ2) is 5.75. The zero-order chi connectivity index (χ0) is 14.8. The summed E-state index contributed by atoms with van der Waals surface area (Å²) in [5.41, 5.74) is 1.08. The maximum absolute atomic E-state index is 12.9. The first-order valence-electron chi connectivity index (χ1n) is 6.75. The monoisotopic (exact) mass is 297 g/mol. The molecule has 1 heterocycles. The molecule has 0 unspecified atom stereocenters. The number of nitrogens with zero attached hydrogens (tertiary/aromatic N) is 2. The van der Waals surface area contributed by atoms with Crippen LogP contribution in [0.25, 0.3) is 0 Å². The smallest absolute Gasteiger partial charge is 0.315 e. The van der Waals surface area contributed by atoms with Crippen LogP contribution in [0.3, 0.4) is 0 Å². The van der Waals surface area contributed by atoms with Crippen molar-refractivity contribution >= 4 is 6.01 Å². The number of alkyl halides is 2.